The molecular formula is C32H43N5O10. The fraction of sp³-hybridized carbons (Fsp3) is 0.469. The van der Waals surface area contributed by atoms with Crippen molar-refractivity contribution in [3.05, 3.63) is 47.7 Å². The molecule has 2 rings (SSSR count). The van der Waals surface area contributed by atoms with Gasteiger partial charge >= 0.3 is 11.9 Å². The van der Waals surface area contributed by atoms with Crippen LogP contribution in [0.3, 0.4) is 0 Å². The number of benzene rings is 1. The molecule has 0 fully saturated rings. The molecule has 4 amide bonds. The molecule has 0 radical (unpaired) electrons. The first kappa shape index (κ1) is 38.1. The third-order valence-corrected chi connectivity index (χ3v) is 7.35. The number of carbonyl (C=O) groups is 6. The number of carboxylic acid groups (broad SMARTS) is 2. The van der Waals surface area contributed by atoms with E-state index in [1.165, 1.54) is 18.2 Å². The smallest absolute Gasteiger partial charge is 0.326 e. The first-order chi connectivity index (χ1) is 22.5. The normalized spacial score (nSPS) is 12.6. The van der Waals surface area contributed by atoms with Gasteiger partial charge in [0.1, 0.15) is 17.5 Å². The number of amides is 4. The first-order valence-electron chi connectivity index (χ1n) is 15.4. The Morgan fingerprint density at radius 1 is 0.979 bits per heavy atom. The molecule has 0 saturated carbocycles. The summed E-state index contributed by atoms with van der Waals surface area (Å²) in [6, 6.07) is 7.04. The quantitative estimate of drug-likeness (QED) is 0.0376. The summed E-state index contributed by atoms with van der Waals surface area (Å²) in [7, 11) is 0. The third-order valence-electron chi connectivity index (χ3n) is 7.35. The minimum absolute atomic E-state index is 0.0255. The average Bonchev–Trinajstić information content (AvgIpc) is 3.05. The van der Waals surface area contributed by atoms with E-state index < -0.39 is 54.1 Å². The van der Waals surface area contributed by atoms with E-state index in [0.717, 1.165) is 19.3 Å². The van der Waals surface area contributed by atoms with E-state index in [1.54, 1.807) is 32.0 Å². The Bertz CT molecular complexity index is 1400. The third kappa shape index (κ3) is 11.7. The van der Waals surface area contributed by atoms with E-state index in [2.05, 4.69) is 20.9 Å². The van der Waals surface area contributed by atoms with Crippen LogP contribution < -0.4 is 20.7 Å². The monoisotopic (exact) mass is 657 g/mol. The summed E-state index contributed by atoms with van der Waals surface area (Å²) < 4.78 is 5.62. The second-order valence-electron chi connectivity index (χ2n) is 10.6. The van der Waals surface area contributed by atoms with Crippen LogP contribution in [-0.2, 0) is 19.2 Å². The van der Waals surface area contributed by atoms with Crippen LogP contribution >= 0.6 is 0 Å². The molecule has 15 heteroatoms. The molecule has 2 aromatic rings. The fourth-order valence-electron chi connectivity index (χ4n) is 4.91. The van der Waals surface area contributed by atoms with Crippen molar-refractivity contribution in [2.24, 2.45) is 5.92 Å². The molecule has 0 bridgehead atoms. The molecular weight excluding hydrogens is 614 g/mol. The van der Waals surface area contributed by atoms with Crippen LogP contribution in [0.1, 0.15) is 86.6 Å². The number of hydrogen-bond acceptors (Lipinski definition) is 9. The van der Waals surface area contributed by atoms with Gasteiger partial charge in [0.25, 0.3) is 11.8 Å². The molecule has 0 aliphatic carbocycles. The highest BCUT2D eigenvalue weighted by molar-refractivity contribution is 5.99. The van der Waals surface area contributed by atoms with Crippen LogP contribution in [0, 0.1) is 5.92 Å². The molecule has 0 aliphatic heterocycles. The van der Waals surface area contributed by atoms with Crippen LogP contribution in [-0.4, -0.2) is 86.9 Å². The minimum Gasteiger partial charge on any atom is -0.493 e. The number of hydrogen-bond donors (Lipinski definition) is 6. The SMILES string of the molecule is CCCCCC(C(=O)NCNC(=O)c1cccc(-c2ccc(C(=O)NC(CCC(=O)O)C(=O)O)c(OCC)c2)n1)C(CC)N(O)C=O. The van der Waals surface area contributed by atoms with Gasteiger partial charge < -0.3 is 30.9 Å². The second kappa shape index (κ2) is 19.5. The summed E-state index contributed by atoms with van der Waals surface area (Å²) in [5.41, 5.74) is 0.904. The molecule has 0 aliphatic rings. The molecule has 1 aromatic heterocycles. The molecule has 6 N–H and O–H groups in total. The van der Waals surface area contributed by atoms with Gasteiger partial charge in [-0.25, -0.2) is 14.8 Å². The van der Waals surface area contributed by atoms with Crippen molar-refractivity contribution in [2.45, 2.75) is 77.8 Å². The van der Waals surface area contributed by atoms with Crippen molar-refractivity contribution in [1.82, 2.24) is 26.0 Å². The summed E-state index contributed by atoms with van der Waals surface area (Å²) in [6.45, 7) is 5.43. The molecule has 1 aromatic carbocycles. The second-order valence-corrected chi connectivity index (χ2v) is 10.6. The van der Waals surface area contributed by atoms with E-state index in [4.69, 9.17) is 9.84 Å². The number of aromatic nitrogens is 1. The fourth-order valence-corrected chi connectivity index (χ4v) is 4.91. The van der Waals surface area contributed by atoms with Gasteiger partial charge in [-0.3, -0.25) is 29.2 Å². The van der Waals surface area contributed by atoms with E-state index in [9.17, 15) is 39.1 Å². The predicted molar refractivity (Wildman–Crippen MR) is 168 cm³/mol. The Kier molecular flexibility index (Phi) is 15.8. The van der Waals surface area contributed by atoms with Crippen LogP contribution in [0.5, 0.6) is 5.75 Å². The number of pyridine rings is 1. The van der Waals surface area contributed by atoms with Gasteiger partial charge in [0.15, 0.2) is 0 Å². The maximum atomic E-state index is 13.0. The number of ether oxygens (including phenoxy) is 1. The Hall–Kier alpha value is -5.05. The zero-order valence-corrected chi connectivity index (χ0v) is 26.7. The van der Waals surface area contributed by atoms with Gasteiger partial charge in [0, 0.05) is 12.0 Å². The Morgan fingerprint density at radius 2 is 1.72 bits per heavy atom. The van der Waals surface area contributed by atoms with Crippen LogP contribution in [0.2, 0.25) is 0 Å². The van der Waals surface area contributed by atoms with Gasteiger partial charge in [-0.15, -0.1) is 0 Å². The van der Waals surface area contributed by atoms with Crippen molar-refractivity contribution in [3.63, 3.8) is 0 Å². The van der Waals surface area contributed by atoms with Crippen molar-refractivity contribution in [2.75, 3.05) is 13.3 Å². The van der Waals surface area contributed by atoms with Crippen molar-refractivity contribution in [3.8, 4) is 17.0 Å². The number of rotatable bonds is 21. The van der Waals surface area contributed by atoms with Gasteiger partial charge in [-0.05, 0) is 50.5 Å². The zero-order chi connectivity index (χ0) is 34.9. The maximum absolute atomic E-state index is 13.0. The maximum Gasteiger partial charge on any atom is 0.326 e. The van der Waals surface area contributed by atoms with Crippen LogP contribution in [0.4, 0.5) is 0 Å². The molecule has 15 nitrogen and oxygen atoms in total. The van der Waals surface area contributed by atoms with Crippen molar-refractivity contribution < 1.29 is 48.9 Å². The lowest BCUT2D eigenvalue weighted by atomic mass is 9.90. The number of carboxylic acids is 2. The lowest BCUT2D eigenvalue weighted by Gasteiger charge is -2.29. The molecule has 1 heterocycles. The Labute approximate surface area is 272 Å². The van der Waals surface area contributed by atoms with Gasteiger partial charge in [-0.1, -0.05) is 45.2 Å². The molecule has 3 unspecified atom stereocenters. The van der Waals surface area contributed by atoms with E-state index in [1.807, 2.05) is 6.92 Å². The summed E-state index contributed by atoms with van der Waals surface area (Å²) in [5, 5.41) is 36.4. The summed E-state index contributed by atoms with van der Waals surface area (Å²) in [6.07, 6.45) is 2.87. The number of nitrogens with one attached hydrogen (secondary N) is 3. The van der Waals surface area contributed by atoms with E-state index in [-0.39, 0.29) is 43.1 Å². The Morgan fingerprint density at radius 3 is 2.34 bits per heavy atom. The average molecular weight is 658 g/mol. The Balaban J connectivity index is 2.17. The van der Waals surface area contributed by atoms with E-state index >= 15 is 0 Å². The van der Waals surface area contributed by atoms with Crippen LogP contribution in [0.15, 0.2) is 36.4 Å². The molecule has 3 atom stereocenters. The molecule has 47 heavy (non-hydrogen) atoms. The van der Waals surface area contributed by atoms with Crippen molar-refractivity contribution >= 4 is 36.1 Å². The highest BCUT2D eigenvalue weighted by atomic mass is 16.5. The lowest BCUT2D eigenvalue weighted by molar-refractivity contribution is -0.168. The highest BCUT2D eigenvalue weighted by Gasteiger charge is 2.30. The number of nitrogens with zero attached hydrogens (tertiary/aromatic N) is 2. The highest BCUT2D eigenvalue weighted by Crippen LogP contribution is 2.27. The van der Waals surface area contributed by atoms with E-state index in [0.29, 0.717) is 29.2 Å². The number of unbranched alkanes of at least 4 members (excludes halogenated alkanes) is 2. The summed E-state index contributed by atoms with van der Waals surface area (Å²) >= 11 is 0. The number of aliphatic carboxylic acids is 2. The number of carbonyl (C=O) groups excluding carboxylic acids is 4. The standard InChI is InChI=1S/C32H43N5O10/c1-4-7-8-10-21(26(5-2)37(46)19-38)29(41)33-18-34-31(43)24-12-9-11-23(35-24)20-13-14-22(27(17-20)47-6-3)30(42)36-25(32(44)45)15-16-28(39)40/h9,11-14,17,19,21,25-26,46H,4-8,10,15-16,18H2,1-3H3,(H,33,41)(H,34,43)(H,36,42)(H,39,40)(H,44,45). The lowest BCUT2D eigenvalue weighted by Crippen LogP contribution is -2.47. The molecule has 0 saturated heterocycles. The first-order valence-corrected chi connectivity index (χ1v) is 15.4. The zero-order valence-electron chi connectivity index (χ0n) is 26.7. The van der Waals surface area contributed by atoms with Crippen LogP contribution in [0.25, 0.3) is 11.3 Å². The minimum atomic E-state index is -1.42. The van der Waals surface area contributed by atoms with Gasteiger partial charge in [-0.2, -0.15) is 0 Å². The number of hydroxylamine groups is 2. The topological polar surface area (TPSA) is 225 Å². The largest absolute Gasteiger partial charge is 0.493 e. The van der Waals surface area contributed by atoms with Gasteiger partial charge in [0.2, 0.25) is 12.3 Å². The molecule has 0 spiro atoms. The summed E-state index contributed by atoms with van der Waals surface area (Å²) in [4.78, 5) is 76.8. The predicted octanol–water partition coefficient (Wildman–Crippen LogP) is 2.82. The molecule has 256 valence electrons. The summed E-state index contributed by atoms with van der Waals surface area (Å²) in [5.74, 6) is -4.89. The van der Waals surface area contributed by atoms with Gasteiger partial charge in [0.05, 0.1) is 36.5 Å². The van der Waals surface area contributed by atoms with Crippen molar-refractivity contribution in [1.29, 1.82) is 0 Å².